The van der Waals surface area contributed by atoms with Crippen molar-refractivity contribution in [2.45, 2.75) is 96.4 Å². The number of nitrogens with zero attached hydrogens (tertiary/aromatic N) is 2. The molecule has 42 heavy (non-hydrogen) atoms. The van der Waals surface area contributed by atoms with Crippen LogP contribution in [0.15, 0.2) is 54.6 Å². The lowest BCUT2D eigenvalue weighted by molar-refractivity contribution is -0.161. The summed E-state index contributed by atoms with van der Waals surface area (Å²) in [5.41, 5.74) is 2.90. The van der Waals surface area contributed by atoms with E-state index in [1.54, 1.807) is 0 Å². The molecular weight excluding hydrogens is 528 g/mol. The smallest absolute Gasteiger partial charge is 0.407 e. The SMILES string of the molecule is CCCN1C(=O)[C@H](CCCCNC(=O)OCc2ccccc2)NC(=O)C12CCN(Cc1ccc(C(C)(C)C)cc1)CC2. The molecule has 2 aromatic rings. The van der Waals surface area contributed by atoms with E-state index in [0.29, 0.717) is 45.2 Å². The molecule has 2 aliphatic rings. The zero-order valence-electron chi connectivity index (χ0n) is 25.8. The van der Waals surface area contributed by atoms with E-state index in [9.17, 15) is 14.4 Å². The summed E-state index contributed by atoms with van der Waals surface area (Å²) in [4.78, 5) is 43.5. The first-order valence-corrected chi connectivity index (χ1v) is 15.5. The fraction of sp³-hybridized carbons (Fsp3) is 0.559. The van der Waals surface area contributed by atoms with Gasteiger partial charge in [0.1, 0.15) is 18.2 Å². The number of hydrogen-bond donors (Lipinski definition) is 2. The Balaban J connectivity index is 1.23. The van der Waals surface area contributed by atoms with E-state index < -0.39 is 17.7 Å². The van der Waals surface area contributed by atoms with Crippen LogP contribution in [0, 0.1) is 0 Å². The number of carbonyl (C=O) groups excluding carboxylic acids is 3. The van der Waals surface area contributed by atoms with Crippen molar-refractivity contribution in [2.24, 2.45) is 0 Å². The first-order chi connectivity index (χ1) is 20.1. The summed E-state index contributed by atoms with van der Waals surface area (Å²) in [7, 11) is 0. The van der Waals surface area contributed by atoms with Crippen LogP contribution in [0.5, 0.6) is 0 Å². The second-order valence-corrected chi connectivity index (χ2v) is 12.8. The largest absolute Gasteiger partial charge is 0.445 e. The lowest BCUT2D eigenvalue weighted by Crippen LogP contribution is -2.72. The van der Waals surface area contributed by atoms with Gasteiger partial charge < -0.3 is 20.3 Å². The molecular formula is C34H48N4O4. The van der Waals surface area contributed by atoms with E-state index in [1.807, 2.05) is 35.2 Å². The third kappa shape index (κ3) is 7.91. The van der Waals surface area contributed by atoms with Crippen LogP contribution in [0.3, 0.4) is 0 Å². The highest BCUT2D eigenvalue weighted by Crippen LogP contribution is 2.34. The third-order valence-electron chi connectivity index (χ3n) is 8.57. The maximum Gasteiger partial charge on any atom is 0.407 e. The average Bonchev–Trinajstić information content (AvgIpc) is 2.98. The molecule has 0 unspecified atom stereocenters. The summed E-state index contributed by atoms with van der Waals surface area (Å²) >= 11 is 0. The number of piperazine rings is 1. The molecule has 8 nitrogen and oxygen atoms in total. The summed E-state index contributed by atoms with van der Waals surface area (Å²) in [5, 5.41) is 5.85. The van der Waals surface area contributed by atoms with Crippen LogP contribution in [-0.4, -0.2) is 65.5 Å². The van der Waals surface area contributed by atoms with Gasteiger partial charge in [0.15, 0.2) is 0 Å². The second-order valence-electron chi connectivity index (χ2n) is 12.8. The van der Waals surface area contributed by atoms with Gasteiger partial charge in [0.25, 0.3) is 0 Å². The lowest BCUT2D eigenvalue weighted by Gasteiger charge is -2.51. The number of piperidine rings is 1. The van der Waals surface area contributed by atoms with Crippen molar-refractivity contribution in [3.05, 3.63) is 71.3 Å². The molecule has 0 aromatic heterocycles. The van der Waals surface area contributed by atoms with Crippen LogP contribution < -0.4 is 10.6 Å². The zero-order valence-corrected chi connectivity index (χ0v) is 25.8. The minimum Gasteiger partial charge on any atom is -0.445 e. The number of alkyl carbamates (subject to hydrolysis) is 1. The highest BCUT2D eigenvalue weighted by molar-refractivity contribution is 6.00. The molecule has 0 radical (unpaired) electrons. The van der Waals surface area contributed by atoms with Crippen molar-refractivity contribution >= 4 is 17.9 Å². The fourth-order valence-electron chi connectivity index (χ4n) is 6.00. The van der Waals surface area contributed by atoms with Gasteiger partial charge in [-0.1, -0.05) is 82.3 Å². The van der Waals surface area contributed by atoms with Crippen LogP contribution in [-0.2, 0) is 32.9 Å². The monoisotopic (exact) mass is 576 g/mol. The zero-order chi connectivity index (χ0) is 30.2. The molecule has 2 aromatic carbocycles. The fourth-order valence-corrected chi connectivity index (χ4v) is 6.00. The Hall–Kier alpha value is -3.39. The number of rotatable bonds is 11. The van der Waals surface area contributed by atoms with Crippen molar-refractivity contribution in [1.29, 1.82) is 0 Å². The minimum absolute atomic E-state index is 0.0163. The first kappa shape index (κ1) is 31.5. The summed E-state index contributed by atoms with van der Waals surface area (Å²) in [6.07, 6.45) is 3.61. The Bertz CT molecular complexity index is 1180. The van der Waals surface area contributed by atoms with E-state index in [0.717, 1.165) is 31.6 Å². The van der Waals surface area contributed by atoms with Crippen molar-refractivity contribution in [3.8, 4) is 0 Å². The van der Waals surface area contributed by atoms with Gasteiger partial charge in [-0.2, -0.15) is 0 Å². The Morgan fingerprint density at radius 2 is 1.69 bits per heavy atom. The van der Waals surface area contributed by atoms with Gasteiger partial charge in [0.05, 0.1) is 0 Å². The van der Waals surface area contributed by atoms with E-state index in [2.05, 4.69) is 67.5 Å². The third-order valence-corrected chi connectivity index (χ3v) is 8.57. The van der Waals surface area contributed by atoms with Gasteiger partial charge in [-0.3, -0.25) is 14.5 Å². The van der Waals surface area contributed by atoms with Gasteiger partial charge in [0, 0.05) is 32.7 Å². The van der Waals surface area contributed by atoms with Gasteiger partial charge in [0.2, 0.25) is 11.8 Å². The maximum atomic E-state index is 13.6. The van der Waals surface area contributed by atoms with Gasteiger partial charge >= 0.3 is 6.09 Å². The summed E-state index contributed by atoms with van der Waals surface area (Å²) in [6.45, 7) is 12.4. The Morgan fingerprint density at radius 1 is 1.00 bits per heavy atom. The number of ether oxygens (including phenoxy) is 1. The summed E-state index contributed by atoms with van der Waals surface area (Å²) in [6, 6.07) is 17.9. The molecule has 2 N–H and O–H groups in total. The van der Waals surface area contributed by atoms with Crippen molar-refractivity contribution in [2.75, 3.05) is 26.2 Å². The number of likely N-dealkylation sites (tertiary alicyclic amines) is 1. The topological polar surface area (TPSA) is 91.0 Å². The van der Waals surface area contributed by atoms with E-state index in [-0.39, 0.29) is 23.8 Å². The Kier molecular flexibility index (Phi) is 10.7. The molecule has 4 rings (SSSR count). The van der Waals surface area contributed by atoms with Gasteiger partial charge in [-0.15, -0.1) is 0 Å². The second kappa shape index (κ2) is 14.2. The van der Waals surface area contributed by atoms with Crippen LogP contribution >= 0.6 is 0 Å². The standard InChI is InChI=1S/C34H48N4O4/c1-5-21-38-30(39)29(13-9-10-20-35-32(41)42-25-27-11-7-6-8-12-27)36-31(40)34(38)18-22-37(23-19-34)24-26-14-16-28(17-15-26)33(2,3)4/h6-8,11-12,14-17,29H,5,9-10,13,18-25H2,1-4H3,(H,35,41)(H,36,40)/t29-/m0/s1. The molecule has 228 valence electrons. The quantitative estimate of drug-likeness (QED) is 0.361. The highest BCUT2D eigenvalue weighted by Gasteiger charge is 2.53. The molecule has 1 spiro atoms. The molecule has 2 saturated heterocycles. The van der Waals surface area contributed by atoms with E-state index in [4.69, 9.17) is 4.74 Å². The van der Waals surface area contributed by atoms with Gasteiger partial charge in [-0.05, 0) is 60.6 Å². The number of hydrogen-bond acceptors (Lipinski definition) is 5. The van der Waals surface area contributed by atoms with Crippen LogP contribution in [0.4, 0.5) is 4.79 Å². The molecule has 8 heteroatoms. The molecule has 0 aliphatic carbocycles. The van der Waals surface area contributed by atoms with Crippen LogP contribution in [0.2, 0.25) is 0 Å². The molecule has 0 saturated carbocycles. The predicted molar refractivity (Wildman–Crippen MR) is 165 cm³/mol. The van der Waals surface area contributed by atoms with Crippen LogP contribution in [0.1, 0.15) is 82.9 Å². The number of amides is 3. The molecule has 2 heterocycles. The highest BCUT2D eigenvalue weighted by atomic mass is 16.5. The number of unbranched alkanes of at least 4 members (excludes halogenated alkanes) is 1. The number of benzene rings is 2. The summed E-state index contributed by atoms with van der Waals surface area (Å²) < 4.78 is 5.25. The maximum absolute atomic E-state index is 13.6. The van der Waals surface area contributed by atoms with E-state index in [1.165, 1.54) is 11.1 Å². The molecule has 3 amide bonds. The molecule has 2 fully saturated rings. The number of nitrogens with one attached hydrogen (secondary N) is 2. The van der Waals surface area contributed by atoms with Crippen molar-refractivity contribution in [3.63, 3.8) is 0 Å². The van der Waals surface area contributed by atoms with E-state index >= 15 is 0 Å². The molecule has 0 bridgehead atoms. The van der Waals surface area contributed by atoms with Crippen molar-refractivity contribution in [1.82, 2.24) is 20.4 Å². The molecule has 2 aliphatic heterocycles. The minimum atomic E-state index is -0.764. The van der Waals surface area contributed by atoms with Crippen LogP contribution in [0.25, 0.3) is 0 Å². The normalized spacial score (nSPS) is 19.0. The Morgan fingerprint density at radius 3 is 2.33 bits per heavy atom. The number of carbonyl (C=O) groups is 3. The Labute approximate surface area is 251 Å². The first-order valence-electron chi connectivity index (χ1n) is 15.5. The summed E-state index contributed by atoms with van der Waals surface area (Å²) in [5.74, 6) is 0.00949. The average molecular weight is 577 g/mol. The molecule has 1 atom stereocenters. The lowest BCUT2D eigenvalue weighted by atomic mass is 9.81. The van der Waals surface area contributed by atoms with Gasteiger partial charge in [-0.25, -0.2) is 4.79 Å². The van der Waals surface area contributed by atoms with Crippen molar-refractivity contribution < 1.29 is 19.1 Å². The predicted octanol–water partition coefficient (Wildman–Crippen LogP) is 5.15.